The van der Waals surface area contributed by atoms with Crippen LogP contribution >= 0.6 is 0 Å². The summed E-state index contributed by atoms with van der Waals surface area (Å²) in [5.41, 5.74) is 6.10. The molecule has 1 heterocycles. The van der Waals surface area contributed by atoms with Crippen LogP contribution in [0.4, 0.5) is 0 Å². The number of hydrogen-bond donors (Lipinski definition) is 2. The minimum Gasteiger partial charge on any atom is -0.481 e. The number of aromatic amines is 1. The molecule has 23 heavy (non-hydrogen) atoms. The van der Waals surface area contributed by atoms with E-state index >= 15 is 0 Å². The molecular weight excluding hydrogens is 286 g/mol. The van der Waals surface area contributed by atoms with Crippen LogP contribution in [-0.2, 0) is 24.1 Å². The Kier molecular flexibility index (Phi) is 3.41. The van der Waals surface area contributed by atoms with Crippen molar-refractivity contribution in [1.29, 1.82) is 0 Å². The van der Waals surface area contributed by atoms with Crippen molar-refractivity contribution < 1.29 is 9.90 Å². The zero-order valence-electron chi connectivity index (χ0n) is 12.9. The Morgan fingerprint density at radius 3 is 2.74 bits per heavy atom. The lowest BCUT2D eigenvalue weighted by Crippen LogP contribution is -2.21. The average Bonchev–Trinajstić information content (AvgIpc) is 2.93. The van der Waals surface area contributed by atoms with Gasteiger partial charge in [-0.25, -0.2) is 0 Å². The van der Waals surface area contributed by atoms with Gasteiger partial charge in [0.25, 0.3) is 0 Å². The number of carboxylic acid groups (broad SMARTS) is 1. The standard InChI is InChI=1S/C20H19NO2/c22-20(23)15-7-9-19-17(12-15)16-11-14(6-8-18(16)21-19)10-13-4-2-1-3-5-13/h1-6,8,11,15,21H,7,9-10,12H2,(H,22,23). The van der Waals surface area contributed by atoms with Gasteiger partial charge in [0, 0.05) is 16.6 Å². The highest BCUT2D eigenvalue weighted by atomic mass is 16.4. The minimum atomic E-state index is -0.676. The number of rotatable bonds is 3. The summed E-state index contributed by atoms with van der Waals surface area (Å²) in [7, 11) is 0. The fraction of sp³-hybridized carbons (Fsp3) is 0.250. The van der Waals surface area contributed by atoms with Gasteiger partial charge in [-0.1, -0.05) is 36.4 Å². The molecule has 0 spiro atoms. The number of carboxylic acids is 1. The molecule has 0 fully saturated rings. The molecule has 0 radical (unpaired) electrons. The molecule has 116 valence electrons. The van der Waals surface area contributed by atoms with E-state index in [4.69, 9.17) is 0 Å². The maximum Gasteiger partial charge on any atom is 0.306 e. The van der Waals surface area contributed by atoms with Gasteiger partial charge in [-0.3, -0.25) is 4.79 Å². The summed E-state index contributed by atoms with van der Waals surface area (Å²) in [5.74, 6) is -0.926. The van der Waals surface area contributed by atoms with Crippen LogP contribution in [0, 0.1) is 5.92 Å². The van der Waals surface area contributed by atoms with E-state index in [-0.39, 0.29) is 5.92 Å². The molecule has 1 aliphatic carbocycles. The molecule has 1 aromatic heterocycles. The molecule has 1 unspecified atom stereocenters. The van der Waals surface area contributed by atoms with Gasteiger partial charge in [0.15, 0.2) is 0 Å². The van der Waals surface area contributed by atoms with Crippen LogP contribution in [0.15, 0.2) is 48.5 Å². The van der Waals surface area contributed by atoms with E-state index in [1.54, 1.807) is 0 Å². The van der Waals surface area contributed by atoms with Gasteiger partial charge >= 0.3 is 5.97 Å². The number of H-pyrrole nitrogens is 1. The highest BCUT2D eigenvalue weighted by Gasteiger charge is 2.27. The fourth-order valence-corrected chi connectivity index (χ4v) is 3.62. The molecule has 2 aromatic carbocycles. The molecule has 0 saturated heterocycles. The number of carbonyl (C=O) groups is 1. The van der Waals surface area contributed by atoms with Crippen LogP contribution in [0.1, 0.15) is 28.8 Å². The number of benzene rings is 2. The summed E-state index contributed by atoms with van der Waals surface area (Å²) in [6.45, 7) is 0. The number of hydrogen-bond acceptors (Lipinski definition) is 1. The average molecular weight is 305 g/mol. The zero-order valence-corrected chi connectivity index (χ0v) is 12.9. The third kappa shape index (κ3) is 2.63. The van der Waals surface area contributed by atoms with E-state index in [0.717, 1.165) is 24.8 Å². The summed E-state index contributed by atoms with van der Waals surface area (Å²) in [4.78, 5) is 14.8. The largest absolute Gasteiger partial charge is 0.481 e. The molecule has 3 nitrogen and oxygen atoms in total. The molecule has 3 heteroatoms. The Morgan fingerprint density at radius 2 is 1.96 bits per heavy atom. The Hall–Kier alpha value is -2.55. The maximum absolute atomic E-state index is 11.3. The maximum atomic E-state index is 11.3. The molecule has 0 bridgehead atoms. The number of aromatic nitrogens is 1. The first-order valence-electron chi connectivity index (χ1n) is 8.10. The SMILES string of the molecule is O=C(O)C1CCc2[nH]c3ccc(Cc4ccccc4)cc3c2C1. The smallest absolute Gasteiger partial charge is 0.306 e. The van der Waals surface area contributed by atoms with Gasteiger partial charge < -0.3 is 10.1 Å². The molecule has 1 atom stereocenters. The van der Waals surface area contributed by atoms with E-state index in [1.807, 2.05) is 6.07 Å². The summed E-state index contributed by atoms with van der Waals surface area (Å²) >= 11 is 0. The molecule has 0 aliphatic heterocycles. The Morgan fingerprint density at radius 1 is 1.13 bits per heavy atom. The van der Waals surface area contributed by atoms with Crippen molar-refractivity contribution in [3.05, 3.63) is 70.9 Å². The van der Waals surface area contributed by atoms with E-state index in [0.29, 0.717) is 6.42 Å². The van der Waals surface area contributed by atoms with E-state index < -0.39 is 5.97 Å². The molecule has 4 rings (SSSR count). The second-order valence-electron chi connectivity index (χ2n) is 6.40. The number of fused-ring (bicyclic) bond motifs is 3. The first-order valence-corrected chi connectivity index (χ1v) is 8.10. The van der Waals surface area contributed by atoms with Crippen molar-refractivity contribution in [1.82, 2.24) is 4.98 Å². The number of aliphatic carboxylic acids is 1. The molecule has 2 N–H and O–H groups in total. The third-order valence-electron chi connectivity index (χ3n) is 4.85. The Labute approximate surface area is 135 Å². The van der Waals surface area contributed by atoms with Gasteiger partial charge in [-0.15, -0.1) is 0 Å². The highest BCUT2D eigenvalue weighted by Crippen LogP contribution is 2.32. The Bertz CT molecular complexity index is 864. The van der Waals surface area contributed by atoms with Gasteiger partial charge in [-0.2, -0.15) is 0 Å². The second kappa shape index (κ2) is 5.58. The van der Waals surface area contributed by atoms with Gasteiger partial charge in [0.05, 0.1) is 5.92 Å². The first-order chi connectivity index (χ1) is 11.2. The van der Waals surface area contributed by atoms with Crippen LogP contribution in [0.5, 0.6) is 0 Å². The number of nitrogens with one attached hydrogen (secondary N) is 1. The monoisotopic (exact) mass is 305 g/mol. The fourth-order valence-electron chi connectivity index (χ4n) is 3.62. The molecular formula is C20H19NO2. The van der Waals surface area contributed by atoms with Crippen molar-refractivity contribution >= 4 is 16.9 Å². The van der Waals surface area contributed by atoms with Crippen LogP contribution in [0.2, 0.25) is 0 Å². The van der Waals surface area contributed by atoms with Crippen LogP contribution in [0.3, 0.4) is 0 Å². The molecule has 3 aromatic rings. The lowest BCUT2D eigenvalue weighted by Gasteiger charge is -2.18. The van der Waals surface area contributed by atoms with Gasteiger partial charge in [0.1, 0.15) is 0 Å². The van der Waals surface area contributed by atoms with E-state index in [9.17, 15) is 9.90 Å². The second-order valence-corrected chi connectivity index (χ2v) is 6.40. The van der Waals surface area contributed by atoms with Crippen LogP contribution < -0.4 is 0 Å². The lowest BCUT2D eigenvalue weighted by molar-refractivity contribution is -0.142. The van der Waals surface area contributed by atoms with Crippen LogP contribution in [-0.4, -0.2) is 16.1 Å². The molecule has 1 aliphatic rings. The number of aryl methyl sites for hydroxylation is 1. The highest BCUT2D eigenvalue weighted by molar-refractivity contribution is 5.86. The lowest BCUT2D eigenvalue weighted by atomic mass is 9.86. The summed E-state index contributed by atoms with van der Waals surface area (Å²) in [6, 6.07) is 16.9. The summed E-state index contributed by atoms with van der Waals surface area (Å²) in [6.07, 6.45) is 3.10. The molecule has 0 saturated carbocycles. The first kappa shape index (κ1) is 14.1. The van der Waals surface area contributed by atoms with Crippen molar-refractivity contribution in [2.45, 2.75) is 25.7 Å². The summed E-state index contributed by atoms with van der Waals surface area (Å²) in [5, 5.41) is 10.5. The predicted molar refractivity (Wildman–Crippen MR) is 90.7 cm³/mol. The van der Waals surface area contributed by atoms with Gasteiger partial charge in [-0.05, 0) is 54.5 Å². The molecule has 0 amide bonds. The Balaban J connectivity index is 1.71. The van der Waals surface area contributed by atoms with Crippen molar-refractivity contribution in [3.63, 3.8) is 0 Å². The van der Waals surface area contributed by atoms with Crippen molar-refractivity contribution in [2.75, 3.05) is 0 Å². The van der Waals surface area contributed by atoms with E-state index in [2.05, 4.69) is 47.4 Å². The predicted octanol–water partition coefficient (Wildman–Crippen LogP) is 3.95. The quantitative estimate of drug-likeness (QED) is 0.770. The normalized spacial score (nSPS) is 17.1. The van der Waals surface area contributed by atoms with Crippen molar-refractivity contribution in [3.8, 4) is 0 Å². The zero-order chi connectivity index (χ0) is 15.8. The van der Waals surface area contributed by atoms with Gasteiger partial charge in [0.2, 0.25) is 0 Å². The third-order valence-corrected chi connectivity index (χ3v) is 4.85. The van der Waals surface area contributed by atoms with E-state index in [1.165, 1.54) is 27.8 Å². The topological polar surface area (TPSA) is 53.1 Å². The van der Waals surface area contributed by atoms with Crippen LogP contribution in [0.25, 0.3) is 10.9 Å². The van der Waals surface area contributed by atoms with Crippen molar-refractivity contribution in [2.24, 2.45) is 5.92 Å². The minimum absolute atomic E-state index is 0.251. The summed E-state index contributed by atoms with van der Waals surface area (Å²) < 4.78 is 0.